The fourth-order valence-corrected chi connectivity index (χ4v) is 3.07. The Morgan fingerprint density at radius 2 is 2.00 bits per heavy atom. The normalized spacial score (nSPS) is 17.4. The highest BCUT2D eigenvalue weighted by atomic mass is 16.1. The van der Waals surface area contributed by atoms with Crippen molar-refractivity contribution in [3.05, 3.63) is 65.2 Å². The number of nitrogens with zero attached hydrogens (tertiary/aromatic N) is 1. The molecule has 0 radical (unpaired) electrons. The van der Waals surface area contributed by atoms with Gasteiger partial charge in [-0.3, -0.25) is 4.79 Å². The van der Waals surface area contributed by atoms with Gasteiger partial charge < -0.3 is 4.90 Å². The van der Waals surface area contributed by atoms with Gasteiger partial charge in [-0.15, -0.1) is 0 Å². The summed E-state index contributed by atoms with van der Waals surface area (Å²) < 4.78 is 0. The number of benzene rings is 2. The van der Waals surface area contributed by atoms with Crippen LogP contribution in [0, 0.1) is 6.92 Å². The quantitative estimate of drug-likeness (QED) is 0.791. The van der Waals surface area contributed by atoms with Gasteiger partial charge >= 0.3 is 0 Å². The third kappa shape index (κ3) is 2.85. The van der Waals surface area contributed by atoms with Gasteiger partial charge in [-0.05, 0) is 44.4 Å². The summed E-state index contributed by atoms with van der Waals surface area (Å²) in [5.41, 5.74) is 4.52. The molecule has 1 aliphatic rings. The van der Waals surface area contributed by atoms with Gasteiger partial charge in [0.2, 0.25) is 0 Å². The maximum Gasteiger partial charge on any atom is 0.182 e. The summed E-state index contributed by atoms with van der Waals surface area (Å²) in [7, 11) is 0. The van der Waals surface area contributed by atoms with Gasteiger partial charge in [0.1, 0.15) is 0 Å². The van der Waals surface area contributed by atoms with Crippen LogP contribution in [0.25, 0.3) is 0 Å². The minimum Gasteiger partial charge on any atom is -0.361 e. The van der Waals surface area contributed by atoms with E-state index < -0.39 is 0 Å². The highest BCUT2D eigenvalue weighted by Gasteiger charge is 2.24. The molecule has 2 nitrogen and oxygen atoms in total. The van der Waals surface area contributed by atoms with Gasteiger partial charge in [-0.25, -0.2) is 0 Å². The van der Waals surface area contributed by atoms with Crippen LogP contribution in [0.5, 0.6) is 0 Å². The van der Waals surface area contributed by atoms with Crippen LogP contribution in [0.15, 0.2) is 48.5 Å². The lowest BCUT2D eigenvalue weighted by atomic mass is 9.96. The lowest BCUT2D eigenvalue weighted by Crippen LogP contribution is -2.40. The van der Waals surface area contributed by atoms with Crippen LogP contribution < -0.4 is 4.90 Å². The number of fused-ring (bicyclic) bond motifs is 1. The molecule has 0 aliphatic carbocycles. The Bertz CT molecular complexity index is 662. The highest BCUT2D eigenvalue weighted by Crippen LogP contribution is 2.30. The summed E-state index contributed by atoms with van der Waals surface area (Å²) in [4.78, 5) is 14.8. The number of carbonyl (C=O) groups is 1. The van der Waals surface area contributed by atoms with Gasteiger partial charge in [0.05, 0.1) is 6.54 Å². The van der Waals surface area contributed by atoms with Crippen molar-refractivity contribution in [1.82, 2.24) is 0 Å². The predicted molar refractivity (Wildman–Crippen MR) is 87.1 cm³/mol. The first-order valence-electron chi connectivity index (χ1n) is 7.59. The lowest BCUT2D eigenvalue weighted by Gasteiger charge is -2.36. The van der Waals surface area contributed by atoms with E-state index in [0.717, 1.165) is 24.0 Å². The van der Waals surface area contributed by atoms with Crippen LogP contribution in [0.2, 0.25) is 0 Å². The number of carbonyl (C=O) groups excluding carboxylic acids is 1. The van der Waals surface area contributed by atoms with E-state index >= 15 is 0 Å². The minimum absolute atomic E-state index is 0.197. The van der Waals surface area contributed by atoms with Crippen molar-refractivity contribution < 1.29 is 4.79 Å². The summed E-state index contributed by atoms with van der Waals surface area (Å²) in [5, 5.41) is 0. The van der Waals surface area contributed by atoms with Crippen LogP contribution in [-0.2, 0) is 6.42 Å². The fourth-order valence-electron chi connectivity index (χ4n) is 3.07. The summed E-state index contributed by atoms with van der Waals surface area (Å²) >= 11 is 0. The fraction of sp³-hybridized carbons (Fsp3) is 0.316. The molecule has 2 aromatic rings. The monoisotopic (exact) mass is 279 g/mol. The number of rotatable bonds is 3. The van der Waals surface area contributed by atoms with Crippen LogP contribution in [0.1, 0.15) is 34.8 Å². The van der Waals surface area contributed by atoms with Gasteiger partial charge in [-0.1, -0.05) is 42.0 Å². The molecule has 1 atom stereocenters. The Morgan fingerprint density at radius 1 is 1.19 bits per heavy atom. The Kier molecular flexibility index (Phi) is 3.78. The van der Waals surface area contributed by atoms with E-state index in [4.69, 9.17) is 0 Å². The van der Waals surface area contributed by atoms with E-state index in [1.54, 1.807) is 0 Å². The summed E-state index contributed by atoms with van der Waals surface area (Å²) in [6.45, 7) is 4.69. The molecule has 0 N–H and O–H groups in total. The molecule has 0 spiro atoms. The van der Waals surface area contributed by atoms with Crippen LogP contribution in [0.4, 0.5) is 5.69 Å². The van der Waals surface area contributed by atoms with E-state index in [-0.39, 0.29) is 5.78 Å². The molecule has 0 saturated heterocycles. The molecule has 21 heavy (non-hydrogen) atoms. The zero-order valence-electron chi connectivity index (χ0n) is 12.7. The third-order valence-corrected chi connectivity index (χ3v) is 4.32. The lowest BCUT2D eigenvalue weighted by molar-refractivity contribution is 0.0996. The second-order valence-corrected chi connectivity index (χ2v) is 5.94. The summed E-state index contributed by atoms with van der Waals surface area (Å²) in [6.07, 6.45) is 2.21. The van der Waals surface area contributed by atoms with Gasteiger partial charge in [0.15, 0.2) is 5.78 Å². The molecule has 1 aliphatic heterocycles. The van der Waals surface area contributed by atoms with Gasteiger partial charge in [0, 0.05) is 17.3 Å². The van der Waals surface area contributed by atoms with Crippen molar-refractivity contribution in [3.63, 3.8) is 0 Å². The molecule has 2 aromatic carbocycles. The van der Waals surface area contributed by atoms with E-state index in [1.165, 1.54) is 11.3 Å². The molecular weight excluding hydrogens is 258 g/mol. The highest BCUT2D eigenvalue weighted by molar-refractivity contribution is 5.99. The van der Waals surface area contributed by atoms with Crippen LogP contribution in [-0.4, -0.2) is 18.4 Å². The standard InChI is InChI=1S/C19H21NO/c1-14-6-5-8-17(12-14)19(21)13-20-15(2)10-11-16-7-3-4-9-18(16)20/h3-9,12,15H,10-11,13H2,1-2H3. The molecule has 2 heteroatoms. The molecule has 0 amide bonds. The SMILES string of the molecule is Cc1cccc(C(=O)CN2c3ccccc3CCC2C)c1. The van der Waals surface area contributed by atoms with Crippen LogP contribution in [0.3, 0.4) is 0 Å². The first kappa shape index (κ1) is 13.9. The molecule has 0 aromatic heterocycles. The maximum absolute atomic E-state index is 12.6. The molecule has 0 fully saturated rings. The molecule has 0 bridgehead atoms. The summed E-state index contributed by atoms with van der Waals surface area (Å²) in [6, 6.07) is 16.7. The molecule has 3 rings (SSSR count). The molecule has 0 saturated carbocycles. The van der Waals surface area contributed by atoms with Gasteiger partial charge in [0.25, 0.3) is 0 Å². The number of ketones is 1. The minimum atomic E-state index is 0.197. The van der Waals surface area contributed by atoms with Crippen molar-refractivity contribution in [2.24, 2.45) is 0 Å². The summed E-state index contributed by atoms with van der Waals surface area (Å²) in [5.74, 6) is 0.197. The van der Waals surface area contributed by atoms with Crippen molar-refractivity contribution in [2.45, 2.75) is 32.7 Å². The number of hydrogen-bond acceptors (Lipinski definition) is 2. The first-order chi connectivity index (χ1) is 10.1. The average Bonchev–Trinajstić information content (AvgIpc) is 2.50. The smallest absolute Gasteiger partial charge is 0.182 e. The first-order valence-corrected chi connectivity index (χ1v) is 7.59. The molecule has 1 unspecified atom stereocenters. The second kappa shape index (κ2) is 5.72. The van der Waals surface area contributed by atoms with E-state index in [9.17, 15) is 4.79 Å². The Hall–Kier alpha value is -2.09. The number of anilines is 1. The number of Topliss-reactive ketones (excluding diaryl/α,β-unsaturated/α-hetero) is 1. The van der Waals surface area contributed by atoms with Crippen molar-refractivity contribution in [3.8, 4) is 0 Å². The van der Waals surface area contributed by atoms with Crippen molar-refractivity contribution in [2.75, 3.05) is 11.4 Å². The van der Waals surface area contributed by atoms with Crippen LogP contribution >= 0.6 is 0 Å². The number of hydrogen-bond donors (Lipinski definition) is 0. The largest absolute Gasteiger partial charge is 0.361 e. The Balaban J connectivity index is 1.86. The Morgan fingerprint density at radius 3 is 2.81 bits per heavy atom. The zero-order valence-corrected chi connectivity index (χ0v) is 12.7. The van der Waals surface area contributed by atoms with E-state index in [1.807, 2.05) is 31.2 Å². The van der Waals surface area contributed by atoms with Crippen molar-refractivity contribution >= 4 is 11.5 Å². The topological polar surface area (TPSA) is 20.3 Å². The Labute approximate surface area is 126 Å². The third-order valence-electron chi connectivity index (χ3n) is 4.32. The molecule has 1 heterocycles. The predicted octanol–water partition coefficient (Wildman–Crippen LogP) is 4.02. The maximum atomic E-state index is 12.6. The molecule has 108 valence electrons. The molecular formula is C19H21NO. The number of aryl methyl sites for hydroxylation is 2. The average molecular weight is 279 g/mol. The van der Waals surface area contributed by atoms with E-state index in [2.05, 4.69) is 36.1 Å². The van der Waals surface area contributed by atoms with E-state index in [0.29, 0.717) is 12.6 Å². The van der Waals surface area contributed by atoms with Crippen molar-refractivity contribution in [1.29, 1.82) is 0 Å². The van der Waals surface area contributed by atoms with Gasteiger partial charge in [-0.2, -0.15) is 0 Å². The zero-order chi connectivity index (χ0) is 14.8. The number of para-hydroxylation sites is 1. The second-order valence-electron chi connectivity index (χ2n) is 5.94.